The normalized spacial score (nSPS) is 14.6. The van der Waals surface area contributed by atoms with Gasteiger partial charge in [-0.25, -0.2) is 0 Å². The highest BCUT2D eigenvalue weighted by molar-refractivity contribution is 5.47. The summed E-state index contributed by atoms with van der Waals surface area (Å²) < 4.78 is 10.1. The molecule has 0 spiro atoms. The Balaban J connectivity index is 1.61. The number of ether oxygens (including phenoxy) is 1. The van der Waals surface area contributed by atoms with E-state index in [1.807, 2.05) is 0 Å². The van der Waals surface area contributed by atoms with Gasteiger partial charge in [0.15, 0.2) is 0 Å². The monoisotopic (exact) mass is 261 g/mol. The number of nitrogens with zero attached hydrogens (tertiary/aromatic N) is 4. The van der Waals surface area contributed by atoms with Gasteiger partial charge in [0, 0.05) is 25.1 Å². The van der Waals surface area contributed by atoms with Crippen LogP contribution in [0.5, 0.6) is 5.88 Å². The molecule has 1 aliphatic rings. The third kappa shape index (κ3) is 3.05. The summed E-state index contributed by atoms with van der Waals surface area (Å²) >= 11 is 0. The Morgan fingerprint density at radius 1 is 1.37 bits per heavy atom. The van der Waals surface area contributed by atoms with Gasteiger partial charge in [0.05, 0.1) is 7.11 Å². The summed E-state index contributed by atoms with van der Waals surface area (Å²) in [6.07, 6.45) is 3.28. The van der Waals surface area contributed by atoms with Crippen molar-refractivity contribution >= 4 is 0 Å². The molecule has 1 N–H and O–H groups in total. The van der Waals surface area contributed by atoms with Crippen molar-refractivity contribution in [2.24, 2.45) is 0 Å². The predicted octanol–water partition coefficient (Wildman–Crippen LogP) is 0.830. The Morgan fingerprint density at radius 2 is 2.26 bits per heavy atom. The van der Waals surface area contributed by atoms with Crippen molar-refractivity contribution in [2.75, 3.05) is 13.7 Å². The van der Waals surface area contributed by atoms with Gasteiger partial charge in [0.2, 0.25) is 17.6 Å². The minimum Gasteiger partial charge on any atom is -0.480 e. The van der Waals surface area contributed by atoms with Crippen LogP contribution in [-0.2, 0) is 6.42 Å². The van der Waals surface area contributed by atoms with Gasteiger partial charge in [0.25, 0.3) is 0 Å². The van der Waals surface area contributed by atoms with Gasteiger partial charge in [0.1, 0.15) is 5.69 Å². The summed E-state index contributed by atoms with van der Waals surface area (Å²) in [5, 5.41) is 15.1. The maximum absolute atomic E-state index is 5.18. The first-order chi connectivity index (χ1) is 9.35. The molecule has 2 aromatic rings. The van der Waals surface area contributed by atoms with Crippen molar-refractivity contribution in [1.82, 2.24) is 25.7 Å². The number of methoxy groups -OCH3 is 1. The standard InChI is InChI=1S/C12H15N5O2/c1-18-11-5-4-9(15-16-11)12-14-10(19-17-12)6-7-13-8-2-3-8/h4-5,8,13H,2-3,6-7H2,1H3. The van der Waals surface area contributed by atoms with Gasteiger partial charge in [-0.1, -0.05) is 5.16 Å². The largest absolute Gasteiger partial charge is 0.480 e. The minimum absolute atomic E-state index is 0.455. The van der Waals surface area contributed by atoms with Crippen LogP contribution in [0.15, 0.2) is 16.7 Å². The molecular weight excluding hydrogens is 246 g/mol. The van der Waals surface area contributed by atoms with Crippen LogP contribution in [0.1, 0.15) is 18.7 Å². The molecule has 0 saturated heterocycles. The molecule has 2 heterocycles. The molecule has 3 rings (SSSR count). The number of rotatable bonds is 6. The highest BCUT2D eigenvalue weighted by Crippen LogP contribution is 2.18. The van der Waals surface area contributed by atoms with Crippen LogP contribution in [-0.4, -0.2) is 40.0 Å². The average Bonchev–Trinajstić information content (AvgIpc) is 3.15. The fourth-order valence-corrected chi connectivity index (χ4v) is 1.68. The first-order valence-corrected chi connectivity index (χ1v) is 6.29. The van der Waals surface area contributed by atoms with Gasteiger partial charge in [-0.05, 0) is 18.9 Å². The van der Waals surface area contributed by atoms with E-state index in [0.29, 0.717) is 29.3 Å². The molecule has 1 aliphatic carbocycles. The zero-order valence-corrected chi connectivity index (χ0v) is 10.7. The summed E-state index contributed by atoms with van der Waals surface area (Å²) in [6, 6.07) is 4.16. The van der Waals surface area contributed by atoms with Crippen molar-refractivity contribution in [3.63, 3.8) is 0 Å². The van der Waals surface area contributed by atoms with E-state index in [-0.39, 0.29) is 0 Å². The summed E-state index contributed by atoms with van der Waals surface area (Å²) in [6.45, 7) is 0.862. The van der Waals surface area contributed by atoms with Gasteiger partial charge < -0.3 is 14.6 Å². The quantitative estimate of drug-likeness (QED) is 0.824. The second kappa shape index (κ2) is 5.31. The Hall–Kier alpha value is -2.02. The third-order valence-corrected chi connectivity index (χ3v) is 2.90. The van der Waals surface area contributed by atoms with E-state index in [1.54, 1.807) is 19.2 Å². The fraction of sp³-hybridized carbons (Fsp3) is 0.500. The van der Waals surface area contributed by atoms with Crippen molar-refractivity contribution in [3.8, 4) is 17.4 Å². The van der Waals surface area contributed by atoms with E-state index in [4.69, 9.17) is 9.26 Å². The highest BCUT2D eigenvalue weighted by atomic mass is 16.5. The van der Waals surface area contributed by atoms with Crippen LogP contribution in [0.25, 0.3) is 11.5 Å². The first-order valence-electron chi connectivity index (χ1n) is 6.29. The topological polar surface area (TPSA) is 86.0 Å². The lowest BCUT2D eigenvalue weighted by Crippen LogP contribution is -2.19. The Bertz CT molecular complexity index is 535. The SMILES string of the molecule is COc1ccc(-c2noc(CCNC3CC3)n2)nn1. The molecule has 7 nitrogen and oxygen atoms in total. The molecule has 100 valence electrons. The van der Waals surface area contributed by atoms with E-state index < -0.39 is 0 Å². The van der Waals surface area contributed by atoms with Crippen molar-refractivity contribution in [1.29, 1.82) is 0 Å². The lowest BCUT2D eigenvalue weighted by molar-refractivity contribution is 0.375. The van der Waals surface area contributed by atoms with Crippen molar-refractivity contribution in [3.05, 3.63) is 18.0 Å². The van der Waals surface area contributed by atoms with Gasteiger partial charge in [-0.2, -0.15) is 4.98 Å². The minimum atomic E-state index is 0.455. The van der Waals surface area contributed by atoms with E-state index in [9.17, 15) is 0 Å². The number of hydrogen-bond donors (Lipinski definition) is 1. The average molecular weight is 261 g/mol. The number of aromatic nitrogens is 4. The lowest BCUT2D eigenvalue weighted by Gasteiger charge is -1.97. The van der Waals surface area contributed by atoms with Crippen LogP contribution in [0.2, 0.25) is 0 Å². The molecule has 0 atom stereocenters. The zero-order chi connectivity index (χ0) is 13.1. The second-order valence-electron chi connectivity index (χ2n) is 4.45. The van der Waals surface area contributed by atoms with Gasteiger partial charge >= 0.3 is 0 Å². The summed E-state index contributed by atoms with van der Waals surface area (Å²) in [7, 11) is 1.54. The Morgan fingerprint density at radius 3 is 2.95 bits per heavy atom. The van der Waals surface area contributed by atoms with Gasteiger partial charge in [-0.15, -0.1) is 10.2 Å². The van der Waals surface area contributed by atoms with Gasteiger partial charge in [-0.3, -0.25) is 0 Å². The molecule has 0 bridgehead atoms. The molecule has 1 saturated carbocycles. The Kier molecular flexibility index (Phi) is 3.37. The summed E-state index contributed by atoms with van der Waals surface area (Å²) in [5.41, 5.74) is 0.575. The smallest absolute Gasteiger partial charge is 0.233 e. The molecule has 2 aromatic heterocycles. The van der Waals surface area contributed by atoms with Crippen LogP contribution >= 0.6 is 0 Å². The van der Waals surface area contributed by atoms with E-state index >= 15 is 0 Å². The number of hydrogen-bond acceptors (Lipinski definition) is 7. The maximum Gasteiger partial charge on any atom is 0.233 e. The molecule has 0 radical (unpaired) electrons. The maximum atomic E-state index is 5.18. The molecule has 1 fully saturated rings. The number of nitrogens with one attached hydrogen (secondary N) is 1. The van der Waals surface area contributed by atoms with Crippen LogP contribution in [0, 0.1) is 0 Å². The van der Waals surface area contributed by atoms with E-state index in [1.165, 1.54) is 12.8 Å². The summed E-state index contributed by atoms with van der Waals surface area (Å²) in [4.78, 5) is 4.29. The van der Waals surface area contributed by atoms with Crippen molar-refractivity contribution < 1.29 is 9.26 Å². The predicted molar refractivity (Wildman–Crippen MR) is 66.6 cm³/mol. The van der Waals surface area contributed by atoms with E-state index in [2.05, 4.69) is 25.7 Å². The second-order valence-corrected chi connectivity index (χ2v) is 4.45. The van der Waals surface area contributed by atoms with E-state index in [0.717, 1.165) is 13.0 Å². The van der Waals surface area contributed by atoms with Crippen molar-refractivity contribution in [2.45, 2.75) is 25.3 Å². The Labute approximate surface area is 110 Å². The fourth-order valence-electron chi connectivity index (χ4n) is 1.68. The molecule has 0 amide bonds. The van der Waals surface area contributed by atoms with Crippen LogP contribution in [0.4, 0.5) is 0 Å². The molecule has 0 unspecified atom stereocenters. The zero-order valence-electron chi connectivity index (χ0n) is 10.7. The van der Waals surface area contributed by atoms with Crippen LogP contribution < -0.4 is 10.1 Å². The molecular formula is C12H15N5O2. The molecule has 0 aromatic carbocycles. The lowest BCUT2D eigenvalue weighted by atomic mass is 10.3. The highest BCUT2D eigenvalue weighted by Gasteiger charge is 2.20. The molecule has 19 heavy (non-hydrogen) atoms. The van der Waals surface area contributed by atoms with Crippen LogP contribution in [0.3, 0.4) is 0 Å². The summed E-state index contributed by atoms with van der Waals surface area (Å²) in [5.74, 6) is 1.53. The molecule has 0 aliphatic heterocycles. The first kappa shape index (κ1) is 12.0. The third-order valence-electron chi connectivity index (χ3n) is 2.90. The molecule has 7 heteroatoms.